The number of carbonyl (C=O) groups is 2. The fraction of sp³-hybridized carbons (Fsp3) is 0. The van der Waals surface area contributed by atoms with Gasteiger partial charge in [0.15, 0.2) is 0 Å². The highest BCUT2D eigenvalue weighted by atomic mass is 32.2. The lowest BCUT2D eigenvalue weighted by atomic mass is 10.2. The zero-order valence-electron chi connectivity index (χ0n) is 10.9. The molecule has 0 aromatic heterocycles. The van der Waals surface area contributed by atoms with Crippen LogP contribution in [0.3, 0.4) is 0 Å². The molecule has 4 nitrogen and oxygen atoms in total. The molecule has 1 heterocycles. The van der Waals surface area contributed by atoms with E-state index in [0.29, 0.717) is 10.6 Å². The minimum atomic E-state index is -0.348. The number of aromatic hydroxyl groups is 1. The van der Waals surface area contributed by atoms with Crippen molar-refractivity contribution in [2.45, 2.75) is 0 Å². The molecule has 0 aliphatic carbocycles. The van der Waals surface area contributed by atoms with E-state index in [1.165, 1.54) is 24.3 Å². The van der Waals surface area contributed by atoms with Crippen molar-refractivity contribution in [2.24, 2.45) is 0 Å². The Morgan fingerprint density at radius 2 is 1.62 bits per heavy atom. The first-order valence-corrected chi connectivity index (χ1v) is 7.09. The number of hydrogen-bond donors (Lipinski definition) is 1. The third-order valence-electron chi connectivity index (χ3n) is 3.00. The van der Waals surface area contributed by atoms with Gasteiger partial charge < -0.3 is 5.11 Å². The van der Waals surface area contributed by atoms with Gasteiger partial charge in [0, 0.05) is 0 Å². The maximum Gasteiger partial charge on any atom is 0.298 e. The molecular weight excluding hydrogens is 286 g/mol. The summed E-state index contributed by atoms with van der Waals surface area (Å²) in [6, 6.07) is 15.3. The minimum absolute atomic E-state index is 0.0885. The van der Waals surface area contributed by atoms with Crippen molar-refractivity contribution in [3.05, 3.63) is 65.1 Å². The molecule has 3 rings (SSSR count). The lowest BCUT2D eigenvalue weighted by molar-refractivity contribution is -0.113. The fourth-order valence-electron chi connectivity index (χ4n) is 1.99. The third-order valence-corrected chi connectivity index (χ3v) is 3.87. The summed E-state index contributed by atoms with van der Waals surface area (Å²) in [5, 5.41) is 8.93. The van der Waals surface area contributed by atoms with Crippen LogP contribution in [0.4, 0.5) is 10.5 Å². The van der Waals surface area contributed by atoms with Crippen LogP contribution in [0.5, 0.6) is 5.75 Å². The highest BCUT2D eigenvalue weighted by Gasteiger charge is 2.36. The van der Waals surface area contributed by atoms with E-state index in [4.69, 9.17) is 0 Å². The number of hydrogen-bond acceptors (Lipinski definition) is 4. The standard InChI is InChI=1S/C16H11NO3S/c18-13-8-6-12(7-9-13)17-15(19)14(21-16(17)20)10-11-4-2-1-3-5-11/h1-10,18H/b14-10-. The van der Waals surface area contributed by atoms with E-state index in [2.05, 4.69) is 0 Å². The summed E-state index contributed by atoms with van der Waals surface area (Å²) >= 11 is 0.912. The van der Waals surface area contributed by atoms with Gasteiger partial charge in [-0.1, -0.05) is 30.3 Å². The van der Waals surface area contributed by atoms with E-state index >= 15 is 0 Å². The number of phenolic OH excluding ortho intramolecular Hbond substituents is 1. The molecule has 1 fully saturated rings. The van der Waals surface area contributed by atoms with Crippen molar-refractivity contribution in [3.8, 4) is 5.75 Å². The van der Waals surface area contributed by atoms with Crippen LogP contribution in [0.25, 0.3) is 6.08 Å². The quantitative estimate of drug-likeness (QED) is 0.860. The van der Waals surface area contributed by atoms with E-state index in [1.807, 2.05) is 30.3 Å². The highest BCUT2D eigenvalue weighted by Crippen LogP contribution is 2.36. The lowest BCUT2D eigenvalue weighted by Gasteiger charge is -2.12. The first-order chi connectivity index (χ1) is 10.1. The first kappa shape index (κ1) is 13.5. The van der Waals surface area contributed by atoms with Gasteiger partial charge in [-0.15, -0.1) is 0 Å². The molecule has 1 aliphatic rings. The topological polar surface area (TPSA) is 57.6 Å². The Balaban J connectivity index is 1.92. The van der Waals surface area contributed by atoms with Crippen LogP contribution in [0, 0.1) is 0 Å². The second-order valence-corrected chi connectivity index (χ2v) is 5.44. The van der Waals surface area contributed by atoms with Crippen molar-refractivity contribution in [1.29, 1.82) is 0 Å². The summed E-state index contributed by atoms with van der Waals surface area (Å²) in [7, 11) is 0. The van der Waals surface area contributed by atoms with Crippen molar-refractivity contribution in [3.63, 3.8) is 0 Å². The number of phenols is 1. The van der Waals surface area contributed by atoms with E-state index < -0.39 is 0 Å². The number of benzene rings is 2. The molecule has 0 bridgehead atoms. The van der Waals surface area contributed by atoms with Gasteiger partial charge in [0.2, 0.25) is 0 Å². The second-order valence-electron chi connectivity index (χ2n) is 4.44. The second kappa shape index (κ2) is 5.46. The van der Waals surface area contributed by atoms with Crippen LogP contribution in [0.2, 0.25) is 0 Å². The molecule has 1 saturated heterocycles. The SMILES string of the molecule is O=C1S/C(=C\c2ccccc2)C(=O)N1c1ccc(O)cc1. The number of rotatable bonds is 2. The fourth-order valence-corrected chi connectivity index (χ4v) is 2.83. The molecule has 0 spiro atoms. The van der Waals surface area contributed by atoms with E-state index in [0.717, 1.165) is 22.2 Å². The van der Waals surface area contributed by atoms with Crippen molar-refractivity contribution in [1.82, 2.24) is 0 Å². The summed E-state index contributed by atoms with van der Waals surface area (Å²) in [6.45, 7) is 0. The van der Waals surface area contributed by atoms with Crippen molar-refractivity contribution >= 4 is 34.7 Å². The summed E-state index contributed by atoms with van der Waals surface area (Å²) in [6.07, 6.45) is 1.70. The first-order valence-electron chi connectivity index (χ1n) is 6.27. The van der Waals surface area contributed by atoms with Crippen LogP contribution in [0.1, 0.15) is 5.56 Å². The van der Waals surface area contributed by atoms with Gasteiger partial charge in [-0.3, -0.25) is 9.59 Å². The van der Waals surface area contributed by atoms with Crippen LogP contribution in [0.15, 0.2) is 59.5 Å². The largest absolute Gasteiger partial charge is 0.508 e. The zero-order chi connectivity index (χ0) is 14.8. The summed E-state index contributed by atoms with van der Waals surface area (Å²) < 4.78 is 0. The number of amides is 2. The maximum atomic E-state index is 12.4. The van der Waals surface area contributed by atoms with Crippen LogP contribution in [-0.2, 0) is 4.79 Å². The van der Waals surface area contributed by atoms with Gasteiger partial charge in [0.1, 0.15) is 5.75 Å². The Morgan fingerprint density at radius 3 is 2.29 bits per heavy atom. The average molecular weight is 297 g/mol. The van der Waals surface area contributed by atoms with Crippen LogP contribution < -0.4 is 4.90 Å². The molecule has 0 radical (unpaired) electrons. The molecule has 1 aliphatic heterocycles. The molecule has 0 saturated carbocycles. The number of thioether (sulfide) groups is 1. The lowest BCUT2D eigenvalue weighted by Crippen LogP contribution is -2.27. The van der Waals surface area contributed by atoms with E-state index in [-0.39, 0.29) is 16.9 Å². The Morgan fingerprint density at radius 1 is 0.952 bits per heavy atom. The zero-order valence-corrected chi connectivity index (χ0v) is 11.7. The summed E-state index contributed by atoms with van der Waals surface area (Å²) in [5.74, 6) is -0.259. The number of nitrogens with zero attached hydrogens (tertiary/aromatic N) is 1. The molecule has 0 unspecified atom stereocenters. The predicted octanol–water partition coefficient (Wildman–Crippen LogP) is 3.63. The monoisotopic (exact) mass is 297 g/mol. The van der Waals surface area contributed by atoms with Gasteiger partial charge >= 0.3 is 0 Å². The van der Waals surface area contributed by atoms with Crippen LogP contribution >= 0.6 is 11.8 Å². The van der Waals surface area contributed by atoms with Gasteiger partial charge in [-0.05, 0) is 47.7 Å². The number of carbonyl (C=O) groups excluding carboxylic acids is 2. The molecule has 5 heteroatoms. The number of anilines is 1. The Kier molecular flexibility index (Phi) is 3.50. The maximum absolute atomic E-state index is 12.4. The smallest absolute Gasteiger partial charge is 0.298 e. The molecule has 104 valence electrons. The molecular formula is C16H11NO3S. The Hall–Kier alpha value is -2.53. The van der Waals surface area contributed by atoms with Gasteiger partial charge in [0.25, 0.3) is 11.1 Å². The Labute approximate surface area is 125 Å². The van der Waals surface area contributed by atoms with E-state index in [9.17, 15) is 14.7 Å². The summed E-state index contributed by atoms with van der Waals surface area (Å²) in [5.41, 5.74) is 1.32. The number of imide groups is 1. The molecule has 21 heavy (non-hydrogen) atoms. The van der Waals surface area contributed by atoms with Gasteiger partial charge in [-0.2, -0.15) is 0 Å². The Bertz CT molecular complexity index is 723. The average Bonchev–Trinajstić information content (AvgIpc) is 2.76. The molecule has 2 aromatic carbocycles. The van der Waals surface area contributed by atoms with Crippen molar-refractivity contribution in [2.75, 3.05) is 4.90 Å². The molecule has 1 N–H and O–H groups in total. The predicted molar refractivity (Wildman–Crippen MR) is 83.0 cm³/mol. The van der Waals surface area contributed by atoms with Gasteiger partial charge in [0.05, 0.1) is 10.6 Å². The van der Waals surface area contributed by atoms with Crippen LogP contribution in [-0.4, -0.2) is 16.3 Å². The normalized spacial score (nSPS) is 16.8. The van der Waals surface area contributed by atoms with E-state index in [1.54, 1.807) is 6.08 Å². The molecule has 2 amide bonds. The molecule has 2 aromatic rings. The van der Waals surface area contributed by atoms with Crippen molar-refractivity contribution < 1.29 is 14.7 Å². The highest BCUT2D eigenvalue weighted by molar-refractivity contribution is 8.19. The molecule has 0 atom stereocenters. The summed E-state index contributed by atoms with van der Waals surface area (Å²) in [4.78, 5) is 25.9. The third kappa shape index (κ3) is 2.68. The minimum Gasteiger partial charge on any atom is -0.508 e. The van der Waals surface area contributed by atoms with Gasteiger partial charge in [-0.25, -0.2) is 4.90 Å².